The molecule has 0 saturated carbocycles. The van der Waals surface area contributed by atoms with Gasteiger partial charge in [-0.15, -0.1) is 0 Å². The summed E-state index contributed by atoms with van der Waals surface area (Å²) in [6.45, 7) is 6.35. The van der Waals surface area contributed by atoms with Crippen LogP contribution < -0.4 is 4.74 Å². The molecule has 0 aromatic heterocycles. The van der Waals surface area contributed by atoms with Crippen LogP contribution in [0.25, 0.3) is 0 Å². The van der Waals surface area contributed by atoms with Gasteiger partial charge in [0.25, 0.3) is 0 Å². The highest BCUT2D eigenvalue weighted by atomic mass is 16.5. The van der Waals surface area contributed by atoms with E-state index in [9.17, 15) is 10.2 Å². The number of hydrogen-bond donors (Lipinski definition) is 3. The summed E-state index contributed by atoms with van der Waals surface area (Å²) in [4.78, 5) is 0. The van der Waals surface area contributed by atoms with Crippen LogP contribution in [0.15, 0.2) is 59.4 Å². The Morgan fingerprint density at radius 3 is 2.32 bits per heavy atom. The fourth-order valence-electron chi connectivity index (χ4n) is 3.18. The summed E-state index contributed by atoms with van der Waals surface area (Å²) in [6.07, 6.45) is 5.49. The van der Waals surface area contributed by atoms with Gasteiger partial charge in [-0.05, 0) is 47.8 Å². The van der Waals surface area contributed by atoms with Crippen LogP contribution >= 0.6 is 0 Å². The van der Waals surface area contributed by atoms with Crippen LogP contribution in [0.2, 0.25) is 0 Å². The van der Waals surface area contributed by atoms with Gasteiger partial charge < -0.3 is 20.1 Å². The van der Waals surface area contributed by atoms with E-state index in [0.717, 1.165) is 6.42 Å². The van der Waals surface area contributed by atoms with Gasteiger partial charge in [-0.3, -0.25) is 0 Å². The van der Waals surface area contributed by atoms with Gasteiger partial charge in [0.15, 0.2) is 0 Å². The maximum absolute atomic E-state index is 9.55. The zero-order valence-corrected chi connectivity index (χ0v) is 15.1. The van der Waals surface area contributed by atoms with Gasteiger partial charge >= 0.3 is 0 Å². The number of aliphatic hydroxyl groups excluding tert-OH is 3. The Morgan fingerprint density at radius 2 is 1.80 bits per heavy atom. The van der Waals surface area contributed by atoms with Gasteiger partial charge in [0, 0.05) is 5.92 Å². The lowest BCUT2D eigenvalue weighted by molar-refractivity contribution is 0.0536. The second kappa shape index (κ2) is 8.88. The minimum atomic E-state index is -0.863. The molecule has 136 valence electrons. The van der Waals surface area contributed by atoms with Crippen molar-refractivity contribution in [3.05, 3.63) is 65.0 Å². The second-order valence-electron chi connectivity index (χ2n) is 6.74. The Hall–Kier alpha value is -2.04. The monoisotopic (exact) mass is 344 g/mol. The van der Waals surface area contributed by atoms with Crippen molar-refractivity contribution < 1.29 is 20.1 Å². The van der Waals surface area contributed by atoms with E-state index >= 15 is 0 Å². The van der Waals surface area contributed by atoms with E-state index < -0.39 is 6.10 Å². The van der Waals surface area contributed by atoms with Gasteiger partial charge in [-0.2, -0.15) is 0 Å². The summed E-state index contributed by atoms with van der Waals surface area (Å²) in [7, 11) is 0. The Kier molecular flexibility index (Phi) is 6.85. The van der Waals surface area contributed by atoms with Crippen molar-refractivity contribution in [1.29, 1.82) is 0 Å². The third-order valence-corrected chi connectivity index (χ3v) is 4.48. The molecule has 3 N–H and O–H groups in total. The minimum Gasteiger partial charge on any atom is -0.508 e. The Labute approximate surface area is 149 Å². The molecule has 2 unspecified atom stereocenters. The number of aliphatic hydroxyl groups is 3. The van der Waals surface area contributed by atoms with Crippen molar-refractivity contribution in [1.82, 2.24) is 0 Å². The number of ether oxygens (including phenoxy) is 1. The fourth-order valence-corrected chi connectivity index (χ4v) is 3.18. The predicted octanol–water partition coefficient (Wildman–Crippen LogP) is 3.88. The number of hydrogen-bond acceptors (Lipinski definition) is 4. The molecule has 0 fully saturated rings. The molecule has 25 heavy (non-hydrogen) atoms. The van der Waals surface area contributed by atoms with Gasteiger partial charge in [0.1, 0.15) is 24.2 Å². The largest absolute Gasteiger partial charge is 0.508 e. The van der Waals surface area contributed by atoms with Crippen molar-refractivity contribution in [2.24, 2.45) is 5.92 Å². The highest BCUT2D eigenvalue weighted by molar-refractivity contribution is 5.42. The first-order chi connectivity index (χ1) is 11.9. The van der Waals surface area contributed by atoms with E-state index in [1.54, 1.807) is 6.08 Å². The quantitative estimate of drug-likeness (QED) is 0.702. The first-order valence-corrected chi connectivity index (χ1v) is 8.74. The van der Waals surface area contributed by atoms with E-state index in [2.05, 4.69) is 20.8 Å². The maximum Gasteiger partial charge on any atom is 0.119 e. The van der Waals surface area contributed by atoms with Crippen LogP contribution in [0.3, 0.4) is 0 Å². The standard InChI is InChI=1S/C21H28O4/c1-14(2)21(17-4-8-18(23)9-5-17)15(3)16-6-10-20(11-7-16)25-13-19(24)12-22/h4,6-11,14-15,19,22-24H,5,12-13H2,1-3H3. The van der Waals surface area contributed by atoms with E-state index in [-0.39, 0.29) is 19.1 Å². The van der Waals surface area contributed by atoms with Crippen LogP contribution in [0.1, 0.15) is 38.7 Å². The molecule has 4 heteroatoms. The predicted molar refractivity (Wildman–Crippen MR) is 99.8 cm³/mol. The van der Waals surface area contributed by atoms with Crippen molar-refractivity contribution >= 4 is 0 Å². The average molecular weight is 344 g/mol. The Bertz CT molecular complexity index is 653. The molecule has 0 spiro atoms. The SMILES string of the molecule is CC(C)C(=C1C=CC(O)=CC1)C(C)c1ccc(OCC(O)CO)cc1. The third kappa shape index (κ3) is 5.21. The summed E-state index contributed by atoms with van der Waals surface area (Å²) in [6, 6.07) is 7.85. The number of benzene rings is 1. The molecule has 1 aliphatic carbocycles. The minimum absolute atomic E-state index is 0.0767. The van der Waals surface area contributed by atoms with Gasteiger partial charge in [-0.25, -0.2) is 0 Å². The topological polar surface area (TPSA) is 69.9 Å². The number of rotatable bonds is 7. The molecule has 0 bridgehead atoms. The van der Waals surface area contributed by atoms with Crippen LogP contribution in [0.4, 0.5) is 0 Å². The molecule has 1 aromatic carbocycles. The normalized spacial score (nSPS) is 18.7. The van der Waals surface area contributed by atoms with E-state index in [4.69, 9.17) is 9.84 Å². The highest BCUT2D eigenvalue weighted by Crippen LogP contribution is 2.35. The van der Waals surface area contributed by atoms with Gasteiger partial charge in [-0.1, -0.05) is 44.6 Å². The van der Waals surface area contributed by atoms with Crippen LogP contribution in [0, 0.1) is 5.92 Å². The average Bonchev–Trinajstić information content (AvgIpc) is 2.61. The molecule has 2 atom stereocenters. The third-order valence-electron chi connectivity index (χ3n) is 4.48. The summed E-state index contributed by atoms with van der Waals surface area (Å²) in [5.74, 6) is 1.66. The first-order valence-electron chi connectivity index (χ1n) is 8.74. The molecule has 1 aromatic rings. The van der Waals surface area contributed by atoms with Crippen LogP contribution in [-0.4, -0.2) is 34.6 Å². The van der Waals surface area contributed by atoms with Crippen molar-refractivity contribution in [3.8, 4) is 5.75 Å². The Balaban J connectivity index is 2.16. The molecule has 0 amide bonds. The summed E-state index contributed by atoms with van der Waals surface area (Å²) >= 11 is 0. The molecular formula is C21H28O4. The Morgan fingerprint density at radius 1 is 1.12 bits per heavy atom. The smallest absolute Gasteiger partial charge is 0.119 e. The van der Waals surface area contributed by atoms with E-state index in [1.165, 1.54) is 16.7 Å². The zero-order chi connectivity index (χ0) is 18.4. The lowest BCUT2D eigenvalue weighted by Gasteiger charge is -2.24. The second-order valence-corrected chi connectivity index (χ2v) is 6.74. The summed E-state index contributed by atoms with van der Waals surface area (Å²) < 4.78 is 5.46. The van der Waals surface area contributed by atoms with E-state index in [1.807, 2.05) is 36.4 Å². The van der Waals surface area contributed by atoms with Gasteiger partial charge in [0.2, 0.25) is 0 Å². The molecule has 0 heterocycles. The summed E-state index contributed by atoms with van der Waals surface area (Å²) in [5.41, 5.74) is 3.81. The van der Waals surface area contributed by atoms with E-state index in [0.29, 0.717) is 17.4 Å². The molecule has 0 saturated heterocycles. The molecule has 4 nitrogen and oxygen atoms in total. The van der Waals surface area contributed by atoms with Crippen molar-refractivity contribution in [2.45, 2.75) is 39.2 Å². The summed E-state index contributed by atoms with van der Waals surface area (Å²) in [5, 5.41) is 27.7. The maximum atomic E-state index is 9.55. The molecule has 2 rings (SSSR count). The highest BCUT2D eigenvalue weighted by Gasteiger charge is 2.19. The van der Waals surface area contributed by atoms with Crippen molar-refractivity contribution in [3.63, 3.8) is 0 Å². The number of allylic oxidation sites excluding steroid dienone is 5. The zero-order valence-electron chi connectivity index (χ0n) is 15.1. The van der Waals surface area contributed by atoms with Crippen LogP contribution in [-0.2, 0) is 0 Å². The first kappa shape index (κ1) is 19.3. The fraction of sp³-hybridized carbons (Fsp3) is 0.429. The molecule has 1 aliphatic rings. The lowest BCUT2D eigenvalue weighted by atomic mass is 9.81. The molecule has 0 radical (unpaired) electrons. The van der Waals surface area contributed by atoms with Gasteiger partial charge in [0.05, 0.1) is 6.61 Å². The van der Waals surface area contributed by atoms with Crippen molar-refractivity contribution in [2.75, 3.05) is 13.2 Å². The van der Waals surface area contributed by atoms with Crippen LogP contribution in [0.5, 0.6) is 5.75 Å². The molecule has 0 aliphatic heterocycles. The molecular weight excluding hydrogens is 316 g/mol. The lowest BCUT2D eigenvalue weighted by Crippen LogP contribution is -2.21.